The number of thioether (sulfide) groups is 1. The maximum absolute atomic E-state index is 12.3. The Morgan fingerprint density at radius 1 is 1.00 bits per heavy atom. The van der Waals surface area contributed by atoms with Gasteiger partial charge in [0.2, 0.25) is 5.91 Å². The second kappa shape index (κ2) is 10.5. The minimum atomic E-state index is -0.527. The predicted molar refractivity (Wildman–Crippen MR) is 129 cm³/mol. The molecule has 1 aromatic heterocycles. The molecular formula is C24H29N5O3S. The summed E-state index contributed by atoms with van der Waals surface area (Å²) in [7, 11) is 0. The van der Waals surface area contributed by atoms with Crippen LogP contribution in [0, 0.1) is 13.8 Å². The highest BCUT2D eigenvalue weighted by molar-refractivity contribution is 7.99. The SMILES string of the molecule is Cc1cccc(C)c1OCc1nnc(SCC(=O)NC(=O)NC(C)(C)C)n1-c1ccccc1. The van der Waals surface area contributed by atoms with E-state index >= 15 is 0 Å². The highest BCUT2D eigenvalue weighted by Gasteiger charge is 2.19. The Balaban J connectivity index is 1.75. The van der Waals surface area contributed by atoms with Crippen LogP contribution in [-0.4, -0.2) is 38.0 Å². The molecule has 8 nitrogen and oxygen atoms in total. The van der Waals surface area contributed by atoms with Gasteiger partial charge in [-0.2, -0.15) is 0 Å². The van der Waals surface area contributed by atoms with Crippen molar-refractivity contribution < 1.29 is 14.3 Å². The van der Waals surface area contributed by atoms with Crippen LogP contribution in [0.3, 0.4) is 0 Å². The van der Waals surface area contributed by atoms with Gasteiger partial charge in [0.25, 0.3) is 0 Å². The van der Waals surface area contributed by atoms with Crippen molar-refractivity contribution in [2.75, 3.05) is 5.75 Å². The van der Waals surface area contributed by atoms with Gasteiger partial charge in [-0.1, -0.05) is 48.2 Å². The molecule has 0 unspecified atom stereocenters. The highest BCUT2D eigenvalue weighted by Crippen LogP contribution is 2.26. The summed E-state index contributed by atoms with van der Waals surface area (Å²) in [5.74, 6) is 1.02. The molecule has 3 amide bonds. The van der Waals surface area contributed by atoms with Crippen LogP contribution in [0.25, 0.3) is 5.69 Å². The molecule has 1 heterocycles. The van der Waals surface area contributed by atoms with E-state index in [1.165, 1.54) is 11.8 Å². The number of ether oxygens (including phenoxy) is 1. The number of carbonyl (C=O) groups excluding carboxylic acids is 2. The first-order chi connectivity index (χ1) is 15.6. The fourth-order valence-electron chi connectivity index (χ4n) is 3.15. The van der Waals surface area contributed by atoms with E-state index in [1.54, 1.807) is 0 Å². The van der Waals surface area contributed by atoms with Gasteiger partial charge in [0.05, 0.1) is 5.75 Å². The summed E-state index contributed by atoms with van der Waals surface area (Å²) < 4.78 is 7.95. The fourth-order valence-corrected chi connectivity index (χ4v) is 3.92. The van der Waals surface area contributed by atoms with E-state index in [0.717, 1.165) is 22.6 Å². The maximum atomic E-state index is 12.3. The number of benzene rings is 2. The molecule has 2 aromatic carbocycles. The van der Waals surface area contributed by atoms with Crippen molar-refractivity contribution in [3.63, 3.8) is 0 Å². The number of rotatable bonds is 7. The molecule has 0 saturated carbocycles. The van der Waals surface area contributed by atoms with E-state index in [2.05, 4.69) is 20.8 Å². The van der Waals surface area contributed by atoms with E-state index in [9.17, 15) is 9.59 Å². The van der Waals surface area contributed by atoms with Gasteiger partial charge in [-0.3, -0.25) is 14.7 Å². The summed E-state index contributed by atoms with van der Waals surface area (Å²) >= 11 is 1.20. The van der Waals surface area contributed by atoms with E-state index in [1.807, 2.05) is 87.7 Å². The van der Waals surface area contributed by atoms with Crippen LogP contribution in [-0.2, 0) is 11.4 Å². The summed E-state index contributed by atoms with van der Waals surface area (Å²) in [5, 5.41) is 14.2. The van der Waals surface area contributed by atoms with E-state index in [4.69, 9.17) is 4.74 Å². The topological polar surface area (TPSA) is 98.1 Å². The van der Waals surface area contributed by atoms with Crippen molar-refractivity contribution in [1.82, 2.24) is 25.4 Å². The Kier molecular flexibility index (Phi) is 7.75. The van der Waals surface area contributed by atoms with Gasteiger partial charge in [-0.25, -0.2) is 4.79 Å². The summed E-state index contributed by atoms with van der Waals surface area (Å²) in [6.07, 6.45) is 0. The van der Waals surface area contributed by atoms with Crippen LogP contribution in [0.1, 0.15) is 37.7 Å². The average molecular weight is 468 g/mol. The molecule has 0 radical (unpaired) electrons. The Bertz CT molecular complexity index is 1100. The van der Waals surface area contributed by atoms with Gasteiger partial charge >= 0.3 is 6.03 Å². The fraction of sp³-hybridized carbons (Fsp3) is 0.333. The van der Waals surface area contributed by atoms with Crippen LogP contribution in [0.2, 0.25) is 0 Å². The summed E-state index contributed by atoms with van der Waals surface area (Å²) in [5.41, 5.74) is 2.51. The molecular weight excluding hydrogens is 438 g/mol. The standard InChI is InChI=1S/C24H29N5O3S/c1-16-10-9-11-17(2)21(16)32-14-19-27-28-23(29(19)18-12-7-6-8-13-18)33-15-20(30)25-22(31)26-24(3,4)5/h6-13H,14-15H2,1-5H3,(H2,25,26,30,31). The molecule has 3 rings (SSSR count). The smallest absolute Gasteiger partial charge is 0.321 e. The number of nitrogens with zero attached hydrogens (tertiary/aromatic N) is 3. The van der Waals surface area contributed by atoms with Crippen LogP contribution in [0.5, 0.6) is 5.75 Å². The number of carbonyl (C=O) groups is 2. The van der Waals surface area contributed by atoms with Crippen molar-refractivity contribution in [3.8, 4) is 11.4 Å². The molecule has 0 bridgehead atoms. The lowest BCUT2D eigenvalue weighted by atomic mass is 10.1. The Morgan fingerprint density at radius 3 is 2.30 bits per heavy atom. The number of hydrogen-bond acceptors (Lipinski definition) is 6. The number of nitrogens with one attached hydrogen (secondary N) is 2. The first-order valence-corrected chi connectivity index (χ1v) is 11.6. The van der Waals surface area contributed by atoms with E-state index in [0.29, 0.717) is 11.0 Å². The molecule has 33 heavy (non-hydrogen) atoms. The molecule has 0 saturated heterocycles. The zero-order valence-electron chi connectivity index (χ0n) is 19.5. The van der Waals surface area contributed by atoms with Crippen LogP contribution >= 0.6 is 11.8 Å². The van der Waals surface area contributed by atoms with Gasteiger partial charge < -0.3 is 10.1 Å². The van der Waals surface area contributed by atoms with Crippen LogP contribution < -0.4 is 15.4 Å². The third kappa shape index (κ3) is 6.82. The van der Waals surface area contributed by atoms with Crippen molar-refractivity contribution in [2.24, 2.45) is 0 Å². The average Bonchev–Trinajstić information content (AvgIpc) is 3.14. The zero-order chi connectivity index (χ0) is 24.0. The maximum Gasteiger partial charge on any atom is 0.321 e. The van der Waals surface area contributed by atoms with Gasteiger partial charge in [-0.05, 0) is 57.9 Å². The molecule has 0 fully saturated rings. The monoisotopic (exact) mass is 467 g/mol. The van der Waals surface area contributed by atoms with Crippen LogP contribution in [0.15, 0.2) is 53.7 Å². The lowest BCUT2D eigenvalue weighted by Crippen LogP contribution is -2.48. The predicted octanol–water partition coefficient (Wildman–Crippen LogP) is 4.18. The molecule has 9 heteroatoms. The lowest BCUT2D eigenvalue weighted by Gasteiger charge is -2.20. The Labute approximate surface area is 198 Å². The number of imide groups is 1. The second-order valence-electron chi connectivity index (χ2n) is 8.62. The summed E-state index contributed by atoms with van der Waals surface area (Å²) in [4.78, 5) is 24.2. The van der Waals surface area contributed by atoms with Crippen LogP contribution in [0.4, 0.5) is 4.79 Å². The molecule has 0 aliphatic carbocycles. The third-order valence-electron chi connectivity index (χ3n) is 4.54. The molecule has 0 aliphatic heterocycles. The van der Waals surface area contributed by atoms with E-state index < -0.39 is 17.5 Å². The first kappa shape index (κ1) is 24.3. The minimum absolute atomic E-state index is 0.0142. The first-order valence-electron chi connectivity index (χ1n) is 10.6. The van der Waals surface area contributed by atoms with Crippen molar-refractivity contribution in [1.29, 1.82) is 0 Å². The molecule has 0 atom stereocenters. The largest absolute Gasteiger partial charge is 0.485 e. The van der Waals surface area contributed by atoms with Crippen molar-refractivity contribution in [3.05, 3.63) is 65.5 Å². The number of amides is 3. The molecule has 3 aromatic rings. The van der Waals surface area contributed by atoms with Crippen molar-refractivity contribution >= 4 is 23.7 Å². The third-order valence-corrected chi connectivity index (χ3v) is 5.47. The summed E-state index contributed by atoms with van der Waals surface area (Å²) in [6, 6.07) is 15.1. The van der Waals surface area contributed by atoms with Gasteiger partial charge in [0.1, 0.15) is 12.4 Å². The normalized spacial score (nSPS) is 11.2. The Hall–Kier alpha value is -3.33. The molecule has 2 N–H and O–H groups in total. The van der Waals surface area contributed by atoms with Crippen molar-refractivity contribution in [2.45, 2.75) is 51.9 Å². The molecule has 0 spiro atoms. The van der Waals surface area contributed by atoms with E-state index in [-0.39, 0.29) is 12.4 Å². The number of hydrogen-bond donors (Lipinski definition) is 2. The zero-order valence-corrected chi connectivity index (χ0v) is 20.3. The van der Waals surface area contributed by atoms with Gasteiger partial charge in [-0.15, -0.1) is 10.2 Å². The summed E-state index contributed by atoms with van der Waals surface area (Å²) in [6.45, 7) is 9.75. The quantitative estimate of drug-likeness (QED) is 0.506. The molecule has 174 valence electrons. The second-order valence-corrected chi connectivity index (χ2v) is 9.56. The minimum Gasteiger partial charge on any atom is -0.485 e. The number of aromatic nitrogens is 3. The lowest BCUT2D eigenvalue weighted by molar-refractivity contribution is -0.117. The van der Waals surface area contributed by atoms with Gasteiger partial charge in [0.15, 0.2) is 11.0 Å². The number of aryl methyl sites for hydroxylation is 2. The number of para-hydroxylation sites is 2. The number of urea groups is 1. The molecule has 0 aliphatic rings. The Morgan fingerprint density at radius 2 is 1.67 bits per heavy atom. The highest BCUT2D eigenvalue weighted by atomic mass is 32.2. The van der Waals surface area contributed by atoms with Gasteiger partial charge in [0, 0.05) is 11.2 Å².